The van der Waals surface area contributed by atoms with Crippen LogP contribution >= 0.6 is 11.6 Å². The zero-order valence-electron chi connectivity index (χ0n) is 16.7. The molecule has 29 heavy (non-hydrogen) atoms. The molecule has 0 aliphatic carbocycles. The van der Waals surface area contributed by atoms with Crippen LogP contribution in [-0.2, 0) is 11.3 Å². The summed E-state index contributed by atoms with van der Waals surface area (Å²) in [6.07, 6.45) is 3.21. The van der Waals surface area contributed by atoms with Crippen molar-refractivity contribution in [3.05, 3.63) is 58.6 Å². The maximum atomic E-state index is 12.5. The third-order valence-corrected chi connectivity index (χ3v) is 5.35. The van der Waals surface area contributed by atoms with E-state index in [0.717, 1.165) is 43.1 Å². The van der Waals surface area contributed by atoms with Crippen LogP contribution in [0.2, 0.25) is 5.02 Å². The highest BCUT2D eigenvalue weighted by Crippen LogP contribution is 2.23. The van der Waals surface area contributed by atoms with Crippen LogP contribution in [0.25, 0.3) is 0 Å². The molecule has 1 fully saturated rings. The molecule has 0 spiro atoms. The second kappa shape index (κ2) is 10.3. The number of hydrogen-bond donors (Lipinski definition) is 1. The smallest absolute Gasteiger partial charge is 0.243 e. The zero-order chi connectivity index (χ0) is 20.6. The van der Waals surface area contributed by atoms with Gasteiger partial charge in [-0.15, -0.1) is 0 Å². The number of amides is 1. The lowest BCUT2D eigenvalue weighted by atomic mass is 9.96. The number of methoxy groups -OCH3 is 2. The van der Waals surface area contributed by atoms with Gasteiger partial charge in [0.25, 0.3) is 0 Å². The van der Waals surface area contributed by atoms with Crippen LogP contribution in [0.4, 0.5) is 0 Å². The fourth-order valence-electron chi connectivity index (χ4n) is 3.40. The van der Waals surface area contributed by atoms with E-state index in [0.29, 0.717) is 11.5 Å². The fraction of sp³-hybridized carbons (Fsp3) is 0.364. The SMILES string of the molecule is COc1ccc(OC)c(/C=N\NC(=O)C2CCN(Cc3ccc(Cl)cc3)CC2)c1. The van der Waals surface area contributed by atoms with E-state index in [1.54, 1.807) is 26.5 Å². The van der Waals surface area contributed by atoms with Crippen molar-refractivity contribution in [2.45, 2.75) is 19.4 Å². The number of hydrazone groups is 1. The Balaban J connectivity index is 1.48. The van der Waals surface area contributed by atoms with Gasteiger partial charge in [0.05, 0.1) is 20.4 Å². The van der Waals surface area contributed by atoms with Crippen LogP contribution in [0, 0.1) is 5.92 Å². The summed E-state index contributed by atoms with van der Waals surface area (Å²) in [4.78, 5) is 14.8. The Bertz CT molecular complexity index is 847. The average Bonchev–Trinajstić information content (AvgIpc) is 2.75. The van der Waals surface area contributed by atoms with Crippen LogP contribution < -0.4 is 14.9 Å². The van der Waals surface area contributed by atoms with Crippen molar-refractivity contribution in [1.82, 2.24) is 10.3 Å². The maximum absolute atomic E-state index is 12.5. The molecule has 0 saturated carbocycles. The normalized spacial score (nSPS) is 15.4. The number of rotatable bonds is 7. The molecular weight excluding hydrogens is 390 g/mol. The number of halogens is 1. The highest BCUT2D eigenvalue weighted by molar-refractivity contribution is 6.30. The Morgan fingerprint density at radius 2 is 1.90 bits per heavy atom. The van der Waals surface area contributed by atoms with Crippen molar-refractivity contribution in [2.75, 3.05) is 27.3 Å². The van der Waals surface area contributed by atoms with Gasteiger partial charge in [0.15, 0.2) is 0 Å². The molecule has 2 aromatic carbocycles. The summed E-state index contributed by atoms with van der Waals surface area (Å²) in [5, 5.41) is 4.86. The number of piperidine rings is 1. The Labute approximate surface area is 176 Å². The van der Waals surface area contributed by atoms with E-state index < -0.39 is 0 Å². The number of nitrogens with one attached hydrogen (secondary N) is 1. The van der Waals surface area contributed by atoms with Crippen molar-refractivity contribution >= 4 is 23.7 Å². The lowest BCUT2D eigenvalue weighted by molar-refractivity contribution is -0.126. The van der Waals surface area contributed by atoms with E-state index in [2.05, 4.69) is 15.4 Å². The summed E-state index contributed by atoms with van der Waals surface area (Å²) in [5.74, 6) is 1.29. The van der Waals surface area contributed by atoms with E-state index in [1.807, 2.05) is 36.4 Å². The summed E-state index contributed by atoms with van der Waals surface area (Å²) in [6.45, 7) is 2.64. The van der Waals surface area contributed by atoms with Crippen molar-refractivity contribution in [2.24, 2.45) is 11.0 Å². The van der Waals surface area contributed by atoms with Crippen LogP contribution in [0.5, 0.6) is 11.5 Å². The van der Waals surface area contributed by atoms with Gasteiger partial charge in [0, 0.05) is 23.0 Å². The first-order chi connectivity index (χ1) is 14.1. The standard InChI is InChI=1S/C22H26ClN3O3/c1-28-20-7-8-21(29-2)18(13-20)14-24-25-22(27)17-9-11-26(12-10-17)15-16-3-5-19(23)6-4-16/h3-8,13-14,17H,9-12,15H2,1-2H3,(H,25,27)/b24-14-. The van der Waals surface area contributed by atoms with Crippen molar-refractivity contribution in [3.8, 4) is 11.5 Å². The summed E-state index contributed by atoms with van der Waals surface area (Å²) < 4.78 is 10.5. The van der Waals surface area contributed by atoms with Gasteiger partial charge in [-0.3, -0.25) is 9.69 Å². The molecule has 1 N–H and O–H groups in total. The summed E-state index contributed by atoms with van der Waals surface area (Å²) in [5.41, 5.74) is 4.63. The van der Waals surface area contributed by atoms with Crippen molar-refractivity contribution in [1.29, 1.82) is 0 Å². The number of nitrogens with zero attached hydrogens (tertiary/aromatic N) is 2. The van der Waals surface area contributed by atoms with Gasteiger partial charge in [-0.05, 0) is 61.8 Å². The molecule has 7 heteroatoms. The molecule has 154 valence electrons. The number of carbonyl (C=O) groups is 1. The molecule has 1 amide bonds. The predicted octanol–water partition coefficient (Wildman–Crippen LogP) is 3.72. The lowest BCUT2D eigenvalue weighted by Gasteiger charge is -2.30. The Kier molecular flexibility index (Phi) is 7.49. The first kappa shape index (κ1) is 21.1. The molecule has 0 bridgehead atoms. The quantitative estimate of drug-likeness (QED) is 0.553. The Hall–Kier alpha value is -2.57. The summed E-state index contributed by atoms with van der Waals surface area (Å²) in [7, 11) is 3.19. The molecule has 1 heterocycles. The van der Waals surface area contributed by atoms with Gasteiger partial charge in [0.2, 0.25) is 5.91 Å². The van der Waals surface area contributed by atoms with Crippen LogP contribution in [0.3, 0.4) is 0 Å². The maximum Gasteiger partial charge on any atom is 0.243 e. The molecule has 2 aromatic rings. The first-order valence-electron chi connectivity index (χ1n) is 9.61. The average molecular weight is 416 g/mol. The molecule has 0 unspecified atom stereocenters. The van der Waals surface area contributed by atoms with Crippen molar-refractivity contribution < 1.29 is 14.3 Å². The zero-order valence-corrected chi connectivity index (χ0v) is 17.5. The van der Waals surface area contributed by atoms with E-state index in [-0.39, 0.29) is 11.8 Å². The molecule has 1 aliphatic heterocycles. The third kappa shape index (κ3) is 5.95. The van der Waals surface area contributed by atoms with Gasteiger partial charge in [-0.25, -0.2) is 5.43 Å². The van der Waals surface area contributed by atoms with Crippen LogP contribution in [0.15, 0.2) is 47.6 Å². The minimum atomic E-state index is -0.0470. The van der Waals surface area contributed by atoms with E-state index in [9.17, 15) is 4.79 Å². The van der Waals surface area contributed by atoms with E-state index in [1.165, 1.54) is 5.56 Å². The Morgan fingerprint density at radius 1 is 1.17 bits per heavy atom. The van der Waals surface area contributed by atoms with Crippen molar-refractivity contribution in [3.63, 3.8) is 0 Å². The number of benzene rings is 2. The minimum absolute atomic E-state index is 0.0270. The Morgan fingerprint density at radius 3 is 2.55 bits per heavy atom. The highest BCUT2D eigenvalue weighted by Gasteiger charge is 2.24. The van der Waals surface area contributed by atoms with E-state index in [4.69, 9.17) is 21.1 Å². The monoisotopic (exact) mass is 415 g/mol. The molecule has 6 nitrogen and oxygen atoms in total. The number of likely N-dealkylation sites (tertiary alicyclic amines) is 1. The van der Waals surface area contributed by atoms with Gasteiger partial charge in [0.1, 0.15) is 11.5 Å². The predicted molar refractivity (Wildman–Crippen MR) is 115 cm³/mol. The highest BCUT2D eigenvalue weighted by atomic mass is 35.5. The largest absolute Gasteiger partial charge is 0.497 e. The molecule has 1 aliphatic rings. The number of carbonyl (C=O) groups excluding carboxylic acids is 1. The molecule has 0 atom stereocenters. The van der Waals surface area contributed by atoms with Gasteiger partial charge in [-0.2, -0.15) is 5.10 Å². The number of hydrogen-bond acceptors (Lipinski definition) is 5. The topological polar surface area (TPSA) is 63.2 Å². The third-order valence-electron chi connectivity index (χ3n) is 5.09. The fourth-order valence-corrected chi connectivity index (χ4v) is 3.52. The lowest BCUT2D eigenvalue weighted by Crippen LogP contribution is -2.39. The van der Waals surface area contributed by atoms with Gasteiger partial charge >= 0.3 is 0 Å². The summed E-state index contributed by atoms with van der Waals surface area (Å²) in [6, 6.07) is 13.3. The second-order valence-electron chi connectivity index (χ2n) is 7.02. The molecular formula is C22H26ClN3O3. The van der Waals surface area contributed by atoms with Crippen LogP contribution in [0.1, 0.15) is 24.0 Å². The van der Waals surface area contributed by atoms with Crippen LogP contribution in [-0.4, -0.2) is 44.3 Å². The molecule has 3 rings (SSSR count). The molecule has 0 aromatic heterocycles. The van der Waals surface area contributed by atoms with Gasteiger partial charge < -0.3 is 9.47 Å². The summed E-state index contributed by atoms with van der Waals surface area (Å²) >= 11 is 5.94. The number of ether oxygens (including phenoxy) is 2. The first-order valence-corrected chi connectivity index (χ1v) is 9.98. The van der Waals surface area contributed by atoms with E-state index >= 15 is 0 Å². The second-order valence-corrected chi connectivity index (χ2v) is 7.46. The minimum Gasteiger partial charge on any atom is -0.497 e. The molecule has 0 radical (unpaired) electrons. The van der Waals surface area contributed by atoms with Gasteiger partial charge in [-0.1, -0.05) is 23.7 Å². The molecule has 1 saturated heterocycles.